The standard InChI is InChI=1S/C18H28N2O3/c1-6-13(4)23-18(22)20(17(21)16(19)12(2)3)14(5)15-10-8-7-9-11-15/h7-14,16H,6,19H2,1-5H3/t13-,14?,16?/m0/s1. The number of amides is 2. The van der Waals surface area contributed by atoms with E-state index in [1.54, 1.807) is 13.8 Å². The molecule has 3 atom stereocenters. The SMILES string of the molecule is CC[C@H](C)OC(=O)N(C(=O)C(N)C(C)C)C(C)c1ccccc1. The Kier molecular flexibility index (Phi) is 7.23. The van der Waals surface area contributed by atoms with Crippen molar-refractivity contribution in [2.75, 3.05) is 0 Å². The van der Waals surface area contributed by atoms with Gasteiger partial charge in [0.1, 0.15) is 6.10 Å². The third-order valence-electron chi connectivity index (χ3n) is 3.98. The van der Waals surface area contributed by atoms with Crippen LogP contribution in [0.4, 0.5) is 4.79 Å². The molecule has 23 heavy (non-hydrogen) atoms. The van der Waals surface area contributed by atoms with Gasteiger partial charge in [-0.15, -0.1) is 0 Å². The van der Waals surface area contributed by atoms with Gasteiger partial charge in [-0.1, -0.05) is 51.1 Å². The lowest BCUT2D eigenvalue weighted by Gasteiger charge is -2.31. The summed E-state index contributed by atoms with van der Waals surface area (Å²) in [4.78, 5) is 26.4. The van der Waals surface area contributed by atoms with E-state index in [9.17, 15) is 9.59 Å². The number of rotatable bonds is 6. The van der Waals surface area contributed by atoms with Crippen molar-refractivity contribution in [1.29, 1.82) is 0 Å². The zero-order valence-electron chi connectivity index (χ0n) is 14.7. The molecular formula is C18H28N2O3. The maximum absolute atomic E-state index is 12.7. The predicted octanol–water partition coefficient (Wildman–Crippen LogP) is 3.49. The van der Waals surface area contributed by atoms with Crippen molar-refractivity contribution in [3.8, 4) is 0 Å². The fourth-order valence-corrected chi connectivity index (χ4v) is 2.08. The highest BCUT2D eigenvalue weighted by Gasteiger charge is 2.34. The highest BCUT2D eigenvalue weighted by atomic mass is 16.6. The first-order valence-electron chi connectivity index (χ1n) is 8.13. The zero-order valence-corrected chi connectivity index (χ0v) is 14.7. The van der Waals surface area contributed by atoms with E-state index >= 15 is 0 Å². The summed E-state index contributed by atoms with van der Waals surface area (Å²) in [5, 5.41) is 0. The summed E-state index contributed by atoms with van der Waals surface area (Å²) in [7, 11) is 0. The molecule has 1 aromatic rings. The van der Waals surface area contributed by atoms with Gasteiger partial charge in [0.15, 0.2) is 0 Å². The number of nitrogens with two attached hydrogens (primary N) is 1. The van der Waals surface area contributed by atoms with Crippen molar-refractivity contribution in [2.45, 2.75) is 59.2 Å². The van der Waals surface area contributed by atoms with Crippen LogP contribution >= 0.6 is 0 Å². The average Bonchev–Trinajstić information content (AvgIpc) is 2.54. The van der Waals surface area contributed by atoms with Crippen molar-refractivity contribution < 1.29 is 14.3 Å². The first-order chi connectivity index (χ1) is 10.8. The van der Waals surface area contributed by atoms with Crippen LogP contribution in [0.15, 0.2) is 30.3 Å². The summed E-state index contributed by atoms with van der Waals surface area (Å²) < 4.78 is 5.37. The lowest BCUT2D eigenvalue weighted by molar-refractivity contribution is -0.134. The molecule has 0 saturated heterocycles. The Labute approximate surface area is 138 Å². The van der Waals surface area contributed by atoms with Crippen LogP contribution in [-0.4, -0.2) is 29.0 Å². The fourth-order valence-electron chi connectivity index (χ4n) is 2.08. The molecule has 0 radical (unpaired) electrons. The van der Waals surface area contributed by atoms with Gasteiger partial charge in [0, 0.05) is 0 Å². The highest BCUT2D eigenvalue weighted by Crippen LogP contribution is 2.23. The van der Waals surface area contributed by atoms with Crippen LogP contribution in [0.5, 0.6) is 0 Å². The topological polar surface area (TPSA) is 72.6 Å². The molecule has 0 saturated carbocycles. The summed E-state index contributed by atoms with van der Waals surface area (Å²) >= 11 is 0. The van der Waals surface area contributed by atoms with E-state index in [4.69, 9.17) is 10.5 Å². The minimum atomic E-state index is -0.745. The maximum atomic E-state index is 12.7. The summed E-state index contributed by atoms with van der Waals surface area (Å²) in [6.07, 6.45) is -0.211. The Morgan fingerprint density at radius 3 is 2.17 bits per heavy atom. The molecule has 0 aromatic heterocycles. The Bertz CT molecular complexity index is 516. The quantitative estimate of drug-likeness (QED) is 0.870. The van der Waals surface area contributed by atoms with Crippen LogP contribution in [0.2, 0.25) is 0 Å². The molecular weight excluding hydrogens is 292 g/mol. The number of nitrogens with zero attached hydrogens (tertiary/aromatic N) is 1. The maximum Gasteiger partial charge on any atom is 0.417 e. The molecule has 5 nitrogen and oxygen atoms in total. The molecule has 0 heterocycles. The van der Waals surface area contributed by atoms with Crippen molar-refractivity contribution in [3.05, 3.63) is 35.9 Å². The van der Waals surface area contributed by atoms with Gasteiger partial charge in [-0.05, 0) is 31.7 Å². The minimum absolute atomic E-state index is 0.0654. The van der Waals surface area contributed by atoms with Crippen LogP contribution in [0.25, 0.3) is 0 Å². The second kappa shape index (κ2) is 8.67. The number of imide groups is 1. The first kappa shape index (κ1) is 19.2. The van der Waals surface area contributed by atoms with E-state index in [-0.39, 0.29) is 12.0 Å². The molecule has 5 heteroatoms. The molecule has 128 valence electrons. The molecule has 2 amide bonds. The molecule has 0 aliphatic rings. The van der Waals surface area contributed by atoms with Crippen molar-refractivity contribution in [1.82, 2.24) is 4.90 Å². The third-order valence-corrected chi connectivity index (χ3v) is 3.98. The number of carbonyl (C=O) groups excluding carboxylic acids is 2. The van der Waals surface area contributed by atoms with Crippen LogP contribution in [0.3, 0.4) is 0 Å². The van der Waals surface area contributed by atoms with Gasteiger partial charge < -0.3 is 10.5 Å². The third kappa shape index (κ3) is 5.06. The fraction of sp³-hybridized carbons (Fsp3) is 0.556. The molecule has 0 bridgehead atoms. The van der Waals surface area contributed by atoms with Crippen LogP contribution < -0.4 is 5.73 Å². The van der Waals surface area contributed by atoms with Gasteiger partial charge in [0.05, 0.1) is 12.1 Å². The van der Waals surface area contributed by atoms with Gasteiger partial charge >= 0.3 is 6.09 Å². The van der Waals surface area contributed by atoms with Gasteiger partial charge in [-0.3, -0.25) is 4.79 Å². The van der Waals surface area contributed by atoms with Crippen molar-refractivity contribution >= 4 is 12.0 Å². The lowest BCUT2D eigenvalue weighted by atomic mass is 10.0. The summed E-state index contributed by atoms with van der Waals surface area (Å²) in [5.74, 6) is -0.478. The van der Waals surface area contributed by atoms with Gasteiger partial charge in [0.2, 0.25) is 5.91 Å². The van der Waals surface area contributed by atoms with E-state index < -0.39 is 24.1 Å². The number of benzene rings is 1. The highest BCUT2D eigenvalue weighted by molar-refractivity contribution is 5.95. The van der Waals surface area contributed by atoms with E-state index in [1.165, 1.54) is 0 Å². The van der Waals surface area contributed by atoms with E-state index in [2.05, 4.69) is 0 Å². The summed E-state index contributed by atoms with van der Waals surface area (Å²) in [5.41, 5.74) is 6.84. The van der Waals surface area contributed by atoms with Gasteiger partial charge in [0.25, 0.3) is 0 Å². The van der Waals surface area contributed by atoms with Crippen molar-refractivity contribution in [2.24, 2.45) is 11.7 Å². The largest absolute Gasteiger partial charge is 0.446 e. The van der Waals surface area contributed by atoms with E-state index in [0.29, 0.717) is 6.42 Å². The Morgan fingerprint density at radius 2 is 1.70 bits per heavy atom. The molecule has 0 aliphatic carbocycles. The molecule has 0 fully saturated rings. The molecule has 2 N–H and O–H groups in total. The molecule has 1 rings (SSSR count). The van der Waals surface area contributed by atoms with E-state index in [1.807, 2.05) is 51.1 Å². The van der Waals surface area contributed by atoms with Crippen LogP contribution in [-0.2, 0) is 9.53 Å². The van der Waals surface area contributed by atoms with Crippen LogP contribution in [0.1, 0.15) is 52.6 Å². The molecule has 0 spiro atoms. The Hall–Kier alpha value is -1.88. The smallest absolute Gasteiger partial charge is 0.417 e. The Morgan fingerprint density at radius 1 is 1.13 bits per heavy atom. The second-order valence-electron chi connectivity index (χ2n) is 6.17. The number of ether oxygens (including phenoxy) is 1. The van der Waals surface area contributed by atoms with Crippen molar-refractivity contribution in [3.63, 3.8) is 0 Å². The van der Waals surface area contributed by atoms with Crippen LogP contribution in [0, 0.1) is 5.92 Å². The molecule has 2 unspecified atom stereocenters. The predicted molar refractivity (Wildman–Crippen MR) is 90.8 cm³/mol. The Balaban J connectivity index is 3.10. The second-order valence-corrected chi connectivity index (χ2v) is 6.17. The normalized spacial score (nSPS) is 14.9. The first-order valence-corrected chi connectivity index (χ1v) is 8.13. The summed E-state index contributed by atoms with van der Waals surface area (Å²) in [6, 6.07) is 8.20. The number of hydrogen-bond donors (Lipinski definition) is 1. The molecule has 0 aliphatic heterocycles. The molecule has 1 aromatic carbocycles. The minimum Gasteiger partial charge on any atom is -0.446 e. The monoisotopic (exact) mass is 320 g/mol. The average molecular weight is 320 g/mol. The lowest BCUT2D eigenvalue weighted by Crippen LogP contribution is -2.50. The van der Waals surface area contributed by atoms with E-state index in [0.717, 1.165) is 10.5 Å². The zero-order chi connectivity index (χ0) is 17.6. The summed E-state index contributed by atoms with van der Waals surface area (Å²) in [6.45, 7) is 9.24. The van der Waals surface area contributed by atoms with Gasteiger partial charge in [-0.2, -0.15) is 0 Å². The number of hydrogen-bond acceptors (Lipinski definition) is 4. The van der Waals surface area contributed by atoms with Gasteiger partial charge in [-0.25, -0.2) is 9.69 Å². The number of carbonyl (C=O) groups is 2.